The van der Waals surface area contributed by atoms with E-state index in [4.69, 9.17) is 5.73 Å². The second-order valence-corrected chi connectivity index (χ2v) is 4.81. The maximum absolute atomic E-state index is 10.7. The first-order valence-electron chi connectivity index (χ1n) is 5.20. The number of hydrogen-bond acceptors (Lipinski definition) is 5. The summed E-state index contributed by atoms with van der Waals surface area (Å²) in [6.45, 7) is 1.86. The van der Waals surface area contributed by atoms with Crippen molar-refractivity contribution in [1.29, 1.82) is 0 Å². The Morgan fingerprint density at radius 1 is 1.22 bits per heavy atom. The van der Waals surface area contributed by atoms with Gasteiger partial charge in [-0.1, -0.05) is 22.9 Å². The number of nitrogens with zero attached hydrogens (tertiary/aromatic N) is 2. The molecule has 0 aliphatic heterocycles. The summed E-state index contributed by atoms with van der Waals surface area (Å²) in [6, 6.07) is 3.58. The van der Waals surface area contributed by atoms with Gasteiger partial charge in [-0.15, -0.1) is 0 Å². The standard InChI is InChI=1S/C10H12BrN3O4/c1-2-9(10(11)12)6-3-7(13(15)16)5-8(4-6)14(17)18/h3-5,9-10H,2,12H2,1H3. The van der Waals surface area contributed by atoms with Crippen molar-refractivity contribution in [3.63, 3.8) is 0 Å². The zero-order valence-corrected chi connectivity index (χ0v) is 11.2. The fraction of sp³-hybridized carbons (Fsp3) is 0.400. The Labute approximate surface area is 111 Å². The number of nitro groups is 2. The van der Waals surface area contributed by atoms with Crippen LogP contribution in [0.1, 0.15) is 24.8 Å². The maximum Gasteiger partial charge on any atom is 0.276 e. The van der Waals surface area contributed by atoms with E-state index < -0.39 is 14.8 Å². The van der Waals surface area contributed by atoms with Crippen molar-refractivity contribution in [2.75, 3.05) is 0 Å². The molecule has 7 nitrogen and oxygen atoms in total. The summed E-state index contributed by atoms with van der Waals surface area (Å²) in [7, 11) is 0. The summed E-state index contributed by atoms with van der Waals surface area (Å²) in [4.78, 5) is 19.8. The molecule has 1 aromatic rings. The van der Waals surface area contributed by atoms with Gasteiger partial charge in [0, 0.05) is 18.1 Å². The van der Waals surface area contributed by atoms with Crippen molar-refractivity contribution in [1.82, 2.24) is 0 Å². The third-order valence-electron chi connectivity index (χ3n) is 2.60. The van der Waals surface area contributed by atoms with Gasteiger partial charge in [-0.2, -0.15) is 0 Å². The number of alkyl halides is 1. The average molecular weight is 318 g/mol. The number of nitrogens with two attached hydrogens (primary N) is 1. The molecule has 0 aromatic heterocycles. The molecule has 0 saturated carbocycles. The number of hydrogen-bond donors (Lipinski definition) is 1. The van der Waals surface area contributed by atoms with Gasteiger partial charge in [0.2, 0.25) is 0 Å². The van der Waals surface area contributed by atoms with E-state index in [0.717, 1.165) is 6.07 Å². The third-order valence-corrected chi connectivity index (χ3v) is 3.24. The van der Waals surface area contributed by atoms with Crippen LogP contribution in [0.2, 0.25) is 0 Å². The zero-order valence-electron chi connectivity index (χ0n) is 9.58. The van der Waals surface area contributed by atoms with Crippen LogP contribution in [0.25, 0.3) is 0 Å². The zero-order chi connectivity index (χ0) is 13.9. The molecule has 18 heavy (non-hydrogen) atoms. The van der Waals surface area contributed by atoms with Gasteiger partial charge in [0.25, 0.3) is 11.4 Å². The van der Waals surface area contributed by atoms with Gasteiger partial charge in [-0.25, -0.2) is 0 Å². The van der Waals surface area contributed by atoms with Gasteiger partial charge in [0.05, 0.1) is 20.9 Å². The van der Waals surface area contributed by atoms with E-state index in [0.29, 0.717) is 12.0 Å². The van der Waals surface area contributed by atoms with Crippen LogP contribution in [0.4, 0.5) is 11.4 Å². The maximum atomic E-state index is 10.7. The summed E-state index contributed by atoms with van der Waals surface area (Å²) in [5.41, 5.74) is 5.60. The normalized spacial score (nSPS) is 13.9. The molecular weight excluding hydrogens is 306 g/mol. The van der Waals surface area contributed by atoms with E-state index in [2.05, 4.69) is 15.9 Å². The molecule has 0 aliphatic rings. The van der Waals surface area contributed by atoms with Crippen molar-refractivity contribution >= 4 is 27.3 Å². The number of benzene rings is 1. The molecule has 2 atom stereocenters. The average Bonchev–Trinajstić information content (AvgIpc) is 2.28. The summed E-state index contributed by atoms with van der Waals surface area (Å²) in [5.74, 6) is -0.219. The highest BCUT2D eigenvalue weighted by Crippen LogP contribution is 2.31. The fourth-order valence-corrected chi connectivity index (χ4v) is 2.37. The fourth-order valence-electron chi connectivity index (χ4n) is 1.69. The summed E-state index contributed by atoms with van der Waals surface area (Å²) in [6.07, 6.45) is 0.616. The van der Waals surface area contributed by atoms with E-state index in [1.807, 2.05) is 6.92 Å². The molecule has 98 valence electrons. The molecule has 0 bridgehead atoms. The monoisotopic (exact) mass is 317 g/mol. The third kappa shape index (κ3) is 3.23. The van der Waals surface area contributed by atoms with Crippen LogP contribution in [0, 0.1) is 20.2 Å². The first kappa shape index (κ1) is 14.5. The molecule has 0 aliphatic carbocycles. The Kier molecular flexibility index (Phi) is 4.74. The molecule has 0 fully saturated rings. The quantitative estimate of drug-likeness (QED) is 0.388. The lowest BCUT2D eigenvalue weighted by Crippen LogP contribution is -2.21. The second kappa shape index (κ2) is 5.87. The molecule has 0 amide bonds. The molecule has 8 heteroatoms. The highest BCUT2D eigenvalue weighted by molar-refractivity contribution is 9.09. The van der Waals surface area contributed by atoms with Crippen LogP contribution >= 0.6 is 15.9 Å². The molecule has 1 rings (SSSR count). The van der Waals surface area contributed by atoms with E-state index in [-0.39, 0.29) is 17.3 Å². The van der Waals surface area contributed by atoms with Crippen LogP contribution < -0.4 is 5.73 Å². The second-order valence-electron chi connectivity index (χ2n) is 3.76. The number of rotatable bonds is 5. The van der Waals surface area contributed by atoms with Gasteiger partial charge < -0.3 is 5.73 Å². The Hall–Kier alpha value is -1.54. The molecule has 2 unspecified atom stereocenters. The highest BCUT2D eigenvalue weighted by atomic mass is 79.9. The van der Waals surface area contributed by atoms with Crippen molar-refractivity contribution in [3.8, 4) is 0 Å². The van der Waals surface area contributed by atoms with E-state index in [9.17, 15) is 20.2 Å². The van der Waals surface area contributed by atoms with Crippen LogP contribution in [-0.4, -0.2) is 14.8 Å². The van der Waals surface area contributed by atoms with Crippen LogP contribution in [0.15, 0.2) is 18.2 Å². The molecule has 0 heterocycles. The minimum atomic E-state index is -0.650. The number of nitro benzene ring substituents is 2. The minimum Gasteiger partial charge on any atom is -0.318 e. The molecule has 1 aromatic carbocycles. The van der Waals surface area contributed by atoms with Gasteiger partial charge in [-0.05, 0) is 12.0 Å². The van der Waals surface area contributed by atoms with Crippen LogP contribution in [0.5, 0.6) is 0 Å². The molecule has 0 spiro atoms. The molecule has 0 radical (unpaired) electrons. The molecular formula is C10H12BrN3O4. The lowest BCUT2D eigenvalue weighted by molar-refractivity contribution is -0.394. The van der Waals surface area contributed by atoms with Gasteiger partial charge in [0.15, 0.2) is 0 Å². The topological polar surface area (TPSA) is 112 Å². The summed E-state index contributed by atoms with van der Waals surface area (Å²) >= 11 is 3.20. The summed E-state index contributed by atoms with van der Waals surface area (Å²) in [5, 5.41) is 21.5. The van der Waals surface area contributed by atoms with Crippen molar-refractivity contribution < 1.29 is 9.85 Å². The lowest BCUT2D eigenvalue weighted by Gasteiger charge is -2.17. The van der Waals surface area contributed by atoms with E-state index >= 15 is 0 Å². The SMILES string of the molecule is CCC(c1cc([N+](=O)[O-])cc([N+](=O)[O-])c1)C(N)Br. The van der Waals surface area contributed by atoms with Gasteiger partial charge in [0.1, 0.15) is 0 Å². The van der Waals surface area contributed by atoms with Crippen molar-refractivity contribution in [3.05, 3.63) is 44.0 Å². The smallest absolute Gasteiger partial charge is 0.276 e. The molecule has 0 saturated heterocycles. The summed E-state index contributed by atoms with van der Waals surface area (Å²) < 4.78 is 0. The van der Waals surface area contributed by atoms with Crippen LogP contribution in [-0.2, 0) is 0 Å². The molecule has 2 N–H and O–H groups in total. The predicted molar refractivity (Wildman–Crippen MR) is 69.7 cm³/mol. The lowest BCUT2D eigenvalue weighted by atomic mass is 9.95. The van der Waals surface area contributed by atoms with Crippen molar-refractivity contribution in [2.45, 2.75) is 24.2 Å². The van der Waals surface area contributed by atoms with E-state index in [1.165, 1.54) is 12.1 Å². The Bertz CT molecular complexity index is 446. The largest absolute Gasteiger partial charge is 0.318 e. The number of halogens is 1. The van der Waals surface area contributed by atoms with E-state index in [1.54, 1.807) is 0 Å². The first-order valence-corrected chi connectivity index (χ1v) is 6.11. The van der Waals surface area contributed by atoms with Crippen LogP contribution in [0.3, 0.4) is 0 Å². The van der Waals surface area contributed by atoms with Crippen molar-refractivity contribution in [2.24, 2.45) is 5.73 Å². The Balaban J connectivity index is 3.34. The highest BCUT2D eigenvalue weighted by Gasteiger charge is 2.22. The predicted octanol–water partition coefficient (Wildman–Crippen LogP) is 2.68. The Morgan fingerprint density at radius 2 is 1.67 bits per heavy atom. The van der Waals surface area contributed by atoms with Gasteiger partial charge in [-0.3, -0.25) is 20.2 Å². The minimum absolute atomic E-state index is 0.219. The Morgan fingerprint density at radius 3 is 1.94 bits per heavy atom. The number of non-ortho nitro benzene ring substituents is 2. The van der Waals surface area contributed by atoms with Gasteiger partial charge >= 0.3 is 0 Å². The first-order chi connectivity index (χ1) is 8.36.